The van der Waals surface area contributed by atoms with Gasteiger partial charge >= 0.3 is 0 Å². The van der Waals surface area contributed by atoms with Gasteiger partial charge in [0.25, 0.3) is 5.91 Å². The molecule has 0 saturated carbocycles. The molecule has 2 aliphatic rings. The largest absolute Gasteiger partial charge is 0.339 e. The van der Waals surface area contributed by atoms with E-state index >= 15 is 0 Å². The minimum atomic E-state index is 0.0305. The summed E-state index contributed by atoms with van der Waals surface area (Å²) in [6.45, 7) is 8.79. The molecule has 178 valence electrons. The Morgan fingerprint density at radius 1 is 1.03 bits per heavy atom. The number of likely N-dealkylation sites (tertiary alicyclic amines) is 1. The van der Waals surface area contributed by atoms with Crippen molar-refractivity contribution >= 4 is 23.2 Å². The van der Waals surface area contributed by atoms with E-state index in [0.717, 1.165) is 62.6 Å². The molecule has 4 heterocycles. The van der Waals surface area contributed by atoms with Crippen LogP contribution >= 0.6 is 11.3 Å². The molecular formula is C25H30N6O2S. The van der Waals surface area contributed by atoms with Gasteiger partial charge in [-0.25, -0.2) is 9.67 Å². The second-order valence-corrected chi connectivity index (χ2v) is 10.0. The summed E-state index contributed by atoms with van der Waals surface area (Å²) in [6.07, 6.45) is 4.98. The van der Waals surface area contributed by atoms with Crippen molar-refractivity contribution in [3.63, 3.8) is 0 Å². The lowest BCUT2D eigenvalue weighted by Gasteiger charge is -2.48. The molecule has 0 unspecified atom stereocenters. The molecule has 2 saturated heterocycles. The van der Waals surface area contributed by atoms with Crippen LogP contribution in [0.15, 0.2) is 42.0 Å². The maximum Gasteiger partial charge on any atom is 0.282 e. The van der Waals surface area contributed by atoms with Gasteiger partial charge in [-0.1, -0.05) is 12.1 Å². The zero-order valence-electron chi connectivity index (χ0n) is 19.7. The van der Waals surface area contributed by atoms with Crippen LogP contribution < -0.4 is 0 Å². The standard InChI is InChI=1S/C25H30N6O2S/c1-18-15-31(27-19(18)2)21-6-3-20(4-7-21)5-8-23(32)30-16-22(17-30)28-10-12-29(13-11-28)25(33)24-26-9-14-34-24/h3-4,6-7,9,14-15,22H,5,8,10-13,16-17H2,1-2H3. The SMILES string of the molecule is Cc1cn(-c2ccc(CCC(=O)N3CC(N4CCN(C(=O)c5nccs5)CC4)C3)cc2)nc1C. The molecule has 2 amide bonds. The van der Waals surface area contributed by atoms with Crippen molar-refractivity contribution in [2.45, 2.75) is 32.7 Å². The molecule has 34 heavy (non-hydrogen) atoms. The van der Waals surface area contributed by atoms with E-state index in [9.17, 15) is 9.59 Å². The summed E-state index contributed by atoms with van der Waals surface area (Å²) in [6, 6.07) is 8.69. The highest BCUT2D eigenvalue weighted by molar-refractivity contribution is 7.11. The van der Waals surface area contributed by atoms with Gasteiger partial charge in [-0.2, -0.15) is 5.10 Å². The number of carbonyl (C=O) groups is 2. The number of amides is 2. The van der Waals surface area contributed by atoms with E-state index in [1.807, 2.05) is 33.0 Å². The smallest absolute Gasteiger partial charge is 0.282 e. The molecular weight excluding hydrogens is 448 g/mol. The number of benzene rings is 1. The molecule has 0 spiro atoms. The number of thiazole rings is 1. The van der Waals surface area contributed by atoms with Crippen molar-refractivity contribution in [2.24, 2.45) is 0 Å². The van der Waals surface area contributed by atoms with E-state index in [0.29, 0.717) is 17.5 Å². The minimum Gasteiger partial charge on any atom is -0.339 e. The summed E-state index contributed by atoms with van der Waals surface area (Å²) < 4.78 is 1.90. The zero-order valence-corrected chi connectivity index (χ0v) is 20.5. The molecule has 2 aliphatic heterocycles. The van der Waals surface area contributed by atoms with Gasteiger partial charge in [-0.05, 0) is 43.5 Å². The molecule has 3 aromatic rings. The van der Waals surface area contributed by atoms with Crippen LogP contribution in [0.5, 0.6) is 0 Å². The maximum atomic E-state index is 12.7. The third-order valence-corrected chi connectivity index (χ3v) is 7.68. The van der Waals surface area contributed by atoms with Crippen molar-refractivity contribution in [3.8, 4) is 5.69 Å². The van der Waals surface area contributed by atoms with Crippen LogP contribution in [0.1, 0.15) is 33.0 Å². The van der Waals surface area contributed by atoms with Crippen LogP contribution in [0, 0.1) is 13.8 Å². The lowest BCUT2D eigenvalue weighted by molar-refractivity contribution is -0.139. The molecule has 9 heteroatoms. The average Bonchev–Trinajstić information content (AvgIpc) is 3.47. The first-order valence-electron chi connectivity index (χ1n) is 11.8. The van der Waals surface area contributed by atoms with Gasteiger partial charge in [0.05, 0.1) is 11.4 Å². The summed E-state index contributed by atoms with van der Waals surface area (Å²) in [5.74, 6) is 0.249. The lowest BCUT2D eigenvalue weighted by Crippen LogP contribution is -2.64. The van der Waals surface area contributed by atoms with Crippen molar-refractivity contribution in [3.05, 3.63) is 63.9 Å². The predicted octanol–water partition coefficient (Wildman–Crippen LogP) is 2.55. The van der Waals surface area contributed by atoms with E-state index in [1.165, 1.54) is 16.9 Å². The Morgan fingerprint density at radius 2 is 1.76 bits per heavy atom. The van der Waals surface area contributed by atoms with Gasteiger partial charge < -0.3 is 9.80 Å². The number of nitrogens with zero attached hydrogens (tertiary/aromatic N) is 6. The van der Waals surface area contributed by atoms with Gasteiger partial charge in [-0.15, -0.1) is 11.3 Å². The van der Waals surface area contributed by atoms with Gasteiger partial charge in [-0.3, -0.25) is 14.5 Å². The predicted molar refractivity (Wildman–Crippen MR) is 131 cm³/mol. The molecule has 0 N–H and O–H groups in total. The van der Waals surface area contributed by atoms with E-state index in [2.05, 4.69) is 46.2 Å². The molecule has 5 rings (SSSR count). The zero-order chi connectivity index (χ0) is 23.7. The fourth-order valence-corrected chi connectivity index (χ4v) is 5.15. The number of carbonyl (C=O) groups excluding carboxylic acids is 2. The number of hydrogen-bond acceptors (Lipinski definition) is 6. The quantitative estimate of drug-likeness (QED) is 0.544. The average molecular weight is 479 g/mol. The minimum absolute atomic E-state index is 0.0305. The van der Waals surface area contributed by atoms with Crippen LogP contribution in [0.2, 0.25) is 0 Å². The summed E-state index contributed by atoms with van der Waals surface area (Å²) in [5.41, 5.74) is 4.41. The molecule has 2 aromatic heterocycles. The third-order valence-electron chi connectivity index (χ3n) is 6.92. The van der Waals surface area contributed by atoms with Crippen molar-refractivity contribution in [1.82, 2.24) is 29.5 Å². The molecule has 2 fully saturated rings. The summed E-state index contributed by atoms with van der Waals surface area (Å²) >= 11 is 1.39. The second kappa shape index (κ2) is 9.68. The number of piperazine rings is 1. The highest BCUT2D eigenvalue weighted by Crippen LogP contribution is 2.20. The van der Waals surface area contributed by atoms with E-state index in [4.69, 9.17) is 0 Å². The fraction of sp³-hybridized carbons (Fsp3) is 0.440. The van der Waals surface area contributed by atoms with Crippen molar-refractivity contribution in [2.75, 3.05) is 39.3 Å². The molecule has 1 aromatic carbocycles. The first-order valence-corrected chi connectivity index (χ1v) is 12.7. The van der Waals surface area contributed by atoms with E-state index in [1.54, 1.807) is 6.20 Å². The lowest BCUT2D eigenvalue weighted by atomic mass is 10.0. The summed E-state index contributed by atoms with van der Waals surface area (Å²) in [4.78, 5) is 35.5. The molecule has 0 aliphatic carbocycles. The van der Waals surface area contributed by atoms with Crippen molar-refractivity contribution in [1.29, 1.82) is 0 Å². The maximum absolute atomic E-state index is 12.7. The highest BCUT2D eigenvalue weighted by atomic mass is 32.1. The Morgan fingerprint density at radius 3 is 2.38 bits per heavy atom. The molecule has 8 nitrogen and oxygen atoms in total. The van der Waals surface area contributed by atoms with E-state index < -0.39 is 0 Å². The van der Waals surface area contributed by atoms with Crippen LogP contribution in [0.25, 0.3) is 5.69 Å². The van der Waals surface area contributed by atoms with Gasteiger partial charge in [0, 0.05) is 69.5 Å². The molecule has 0 radical (unpaired) electrons. The number of hydrogen-bond donors (Lipinski definition) is 0. The number of aromatic nitrogens is 3. The number of aryl methyl sites for hydroxylation is 3. The van der Waals surface area contributed by atoms with E-state index in [-0.39, 0.29) is 11.8 Å². The third kappa shape index (κ3) is 4.76. The van der Waals surface area contributed by atoms with Crippen molar-refractivity contribution < 1.29 is 9.59 Å². The summed E-state index contributed by atoms with van der Waals surface area (Å²) in [5, 5.41) is 6.93. The van der Waals surface area contributed by atoms with Crippen LogP contribution in [-0.2, 0) is 11.2 Å². The van der Waals surface area contributed by atoms with Crippen LogP contribution in [0.3, 0.4) is 0 Å². The van der Waals surface area contributed by atoms with Gasteiger partial charge in [0.1, 0.15) is 0 Å². The molecule has 0 bridgehead atoms. The van der Waals surface area contributed by atoms with Gasteiger partial charge in [0.15, 0.2) is 5.01 Å². The second-order valence-electron chi connectivity index (χ2n) is 9.13. The topological polar surface area (TPSA) is 74.6 Å². The first kappa shape index (κ1) is 22.7. The molecule has 0 atom stereocenters. The Kier molecular flexibility index (Phi) is 6.47. The monoisotopic (exact) mass is 478 g/mol. The summed E-state index contributed by atoms with van der Waals surface area (Å²) in [7, 11) is 0. The highest BCUT2D eigenvalue weighted by Gasteiger charge is 2.36. The van der Waals surface area contributed by atoms with Crippen LogP contribution in [0.4, 0.5) is 0 Å². The Bertz CT molecular complexity index is 1120. The number of rotatable bonds is 6. The van der Waals surface area contributed by atoms with Gasteiger partial charge in [0.2, 0.25) is 5.91 Å². The van der Waals surface area contributed by atoms with Crippen LogP contribution in [-0.4, -0.2) is 86.6 Å². The normalized spacial score (nSPS) is 17.1. The Labute approximate surface area is 203 Å². The fourth-order valence-electron chi connectivity index (χ4n) is 4.55. The Hall–Kier alpha value is -3.04. The first-order chi connectivity index (χ1) is 16.5. The Balaban J connectivity index is 1.04.